The Morgan fingerprint density at radius 1 is 1.40 bits per heavy atom. The van der Waals surface area contributed by atoms with Crippen molar-refractivity contribution in [3.63, 3.8) is 0 Å². The van der Waals surface area contributed by atoms with Crippen molar-refractivity contribution < 1.29 is 8.91 Å². The second kappa shape index (κ2) is 3.81. The first-order valence-corrected chi connectivity index (χ1v) is 4.80. The van der Waals surface area contributed by atoms with Gasteiger partial charge in [-0.2, -0.15) is 4.98 Å². The van der Waals surface area contributed by atoms with E-state index in [1.165, 1.54) is 6.07 Å². The van der Waals surface area contributed by atoms with Crippen LogP contribution in [-0.2, 0) is 6.42 Å². The van der Waals surface area contributed by atoms with Crippen LogP contribution in [0, 0.1) is 12.7 Å². The number of benzene rings is 1. The molecule has 1 heterocycles. The van der Waals surface area contributed by atoms with E-state index in [2.05, 4.69) is 10.1 Å². The lowest BCUT2D eigenvalue weighted by atomic mass is 10.1. The fraction of sp³-hybridized carbons (Fsp3) is 0.273. The molecule has 2 rings (SSSR count). The van der Waals surface area contributed by atoms with Crippen molar-refractivity contribution in [2.45, 2.75) is 20.3 Å². The maximum absolute atomic E-state index is 13.5. The van der Waals surface area contributed by atoms with E-state index >= 15 is 0 Å². The minimum Gasteiger partial charge on any atom is -0.339 e. The topological polar surface area (TPSA) is 38.9 Å². The zero-order valence-corrected chi connectivity index (χ0v) is 8.62. The van der Waals surface area contributed by atoms with Crippen LogP contribution in [0.4, 0.5) is 4.39 Å². The lowest BCUT2D eigenvalue weighted by molar-refractivity contribution is 0.394. The molecule has 1 aromatic heterocycles. The number of hydrogen-bond donors (Lipinski definition) is 0. The molecule has 15 heavy (non-hydrogen) atoms. The number of hydrogen-bond acceptors (Lipinski definition) is 3. The Kier molecular flexibility index (Phi) is 2.49. The molecule has 2 aromatic rings. The number of nitrogens with zero attached hydrogens (tertiary/aromatic N) is 2. The molecule has 0 amide bonds. The highest BCUT2D eigenvalue weighted by atomic mass is 19.1. The van der Waals surface area contributed by atoms with Crippen molar-refractivity contribution in [3.05, 3.63) is 35.5 Å². The fourth-order valence-corrected chi connectivity index (χ4v) is 1.39. The van der Waals surface area contributed by atoms with Crippen molar-refractivity contribution >= 4 is 0 Å². The van der Waals surface area contributed by atoms with Crippen molar-refractivity contribution in [1.82, 2.24) is 10.1 Å². The monoisotopic (exact) mass is 206 g/mol. The lowest BCUT2D eigenvalue weighted by Gasteiger charge is -2.00. The lowest BCUT2D eigenvalue weighted by Crippen LogP contribution is -1.89. The first-order valence-electron chi connectivity index (χ1n) is 4.80. The summed E-state index contributed by atoms with van der Waals surface area (Å²) in [7, 11) is 0. The Morgan fingerprint density at radius 3 is 2.73 bits per heavy atom. The van der Waals surface area contributed by atoms with E-state index in [4.69, 9.17) is 4.52 Å². The van der Waals surface area contributed by atoms with E-state index in [9.17, 15) is 4.39 Å². The molecule has 0 aliphatic rings. The normalized spacial score (nSPS) is 10.6. The van der Waals surface area contributed by atoms with Gasteiger partial charge in [0.1, 0.15) is 5.82 Å². The second-order valence-corrected chi connectivity index (χ2v) is 3.30. The Morgan fingerprint density at radius 2 is 2.20 bits per heavy atom. The number of aromatic nitrogens is 2. The van der Waals surface area contributed by atoms with Gasteiger partial charge in [-0.15, -0.1) is 0 Å². The zero-order chi connectivity index (χ0) is 10.8. The summed E-state index contributed by atoms with van der Waals surface area (Å²) in [5.41, 5.74) is 1.33. The second-order valence-electron chi connectivity index (χ2n) is 3.30. The Hall–Kier alpha value is -1.71. The largest absolute Gasteiger partial charge is 0.339 e. The van der Waals surface area contributed by atoms with Crippen LogP contribution >= 0.6 is 0 Å². The fourth-order valence-electron chi connectivity index (χ4n) is 1.39. The molecule has 0 spiro atoms. The number of aryl methyl sites for hydroxylation is 2. The van der Waals surface area contributed by atoms with Gasteiger partial charge in [0.05, 0.1) is 0 Å². The number of rotatable bonds is 2. The summed E-state index contributed by atoms with van der Waals surface area (Å²) < 4.78 is 18.3. The van der Waals surface area contributed by atoms with Gasteiger partial charge in [0.15, 0.2) is 0 Å². The van der Waals surface area contributed by atoms with Crippen LogP contribution in [0.15, 0.2) is 22.7 Å². The zero-order valence-electron chi connectivity index (χ0n) is 8.62. The molecule has 0 unspecified atom stereocenters. The summed E-state index contributed by atoms with van der Waals surface area (Å²) in [4.78, 5) is 4.03. The van der Waals surface area contributed by atoms with Gasteiger partial charge < -0.3 is 4.52 Å². The summed E-state index contributed by atoms with van der Waals surface area (Å²) in [6.07, 6.45) is 0.678. The van der Waals surface area contributed by atoms with Crippen molar-refractivity contribution in [2.24, 2.45) is 0 Å². The summed E-state index contributed by atoms with van der Waals surface area (Å²) >= 11 is 0. The van der Waals surface area contributed by atoms with Crippen molar-refractivity contribution in [1.29, 1.82) is 0 Å². The van der Waals surface area contributed by atoms with Gasteiger partial charge in [-0.1, -0.05) is 24.2 Å². The van der Waals surface area contributed by atoms with Crippen LogP contribution in [0.2, 0.25) is 0 Å². The summed E-state index contributed by atoms with van der Waals surface area (Å²) in [6.45, 7) is 3.61. The minimum absolute atomic E-state index is 0.225. The van der Waals surface area contributed by atoms with Crippen LogP contribution in [0.25, 0.3) is 11.4 Å². The molecule has 0 N–H and O–H groups in total. The minimum atomic E-state index is -0.225. The molecule has 0 radical (unpaired) electrons. The van der Waals surface area contributed by atoms with Gasteiger partial charge in [0.25, 0.3) is 0 Å². The first-order chi connectivity index (χ1) is 7.20. The maximum atomic E-state index is 13.5. The molecule has 4 heteroatoms. The van der Waals surface area contributed by atoms with Gasteiger partial charge in [-0.05, 0) is 18.1 Å². The molecule has 3 nitrogen and oxygen atoms in total. The number of halogens is 1. The van der Waals surface area contributed by atoms with Gasteiger partial charge >= 0.3 is 0 Å². The SMILES string of the molecule is CCc1ccc(-c2noc(C)n2)cc1F. The Balaban J connectivity index is 2.42. The molecule has 0 atom stereocenters. The standard InChI is InChI=1S/C11H11FN2O/c1-3-8-4-5-9(6-10(8)12)11-13-7(2)15-14-11/h4-6H,3H2,1-2H3. The highest BCUT2D eigenvalue weighted by Gasteiger charge is 2.08. The maximum Gasteiger partial charge on any atom is 0.223 e. The molecule has 0 aliphatic heterocycles. The smallest absolute Gasteiger partial charge is 0.223 e. The van der Waals surface area contributed by atoms with E-state index in [1.54, 1.807) is 19.1 Å². The van der Waals surface area contributed by atoms with E-state index in [0.717, 1.165) is 0 Å². The molecule has 0 bridgehead atoms. The highest BCUT2D eigenvalue weighted by molar-refractivity contribution is 5.54. The quantitative estimate of drug-likeness (QED) is 0.758. The molecular weight excluding hydrogens is 195 g/mol. The summed E-state index contributed by atoms with van der Waals surface area (Å²) in [5, 5.41) is 3.73. The molecule has 78 valence electrons. The van der Waals surface area contributed by atoms with Gasteiger partial charge in [-0.25, -0.2) is 4.39 Å². The predicted octanol–water partition coefficient (Wildman–Crippen LogP) is 2.75. The summed E-state index contributed by atoms with van der Waals surface area (Å²) in [5.74, 6) is 0.677. The van der Waals surface area contributed by atoms with Crippen LogP contribution in [-0.4, -0.2) is 10.1 Å². The molecule has 0 saturated carbocycles. The van der Waals surface area contributed by atoms with Crippen LogP contribution in [0.5, 0.6) is 0 Å². The van der Waals surface area contributed by atoms with Crippen LogP contribution < -0.4 is 0 Å². The van der Waals surface area contributed by atoms with Crippen LogP contribution in [0.3, 0.4) is 0 Å². The molecular formula is C11H11FN2O. The van der Waals surface area contributed by atoms with E-state index in [0.29, 0.717) is 29.3 Å². The average molecular weight is 206 g/mol. The third kappa shape index (κ3) is 1.88. The molecule has 0 saturated heterocycles. The predicted molar refractivity (Wildman–Crippen MR) is 53.8 cm³/mol. The van der Waals surface area contributed by atoms with Crippen molar-refractivity contribution in [2.75, 3.05) is 0 Å². The van der Waals surface area contributed by atoms with Gasteiger partial charge in [0.2, 0.25) is 11.7 Å². The van der Waals surface area contributed by atoms with E-state index in [-0.39, 0.29) is 5.82 Å². The molecule has 1 aromatic carbocycles. The van der Waals surface area contributed by atoms with Gasteiger partial charge in [-0.3, -0.25) is 0 Å². The van der Waals surface area contributed by atoms with Gasteiger partial charge in [0, 0.05) is 12.5 Å². The third-order valence-electron chi connectivity index (χ3n) is 2.22. The van der Waals surface area contributed by atoms with Crippen molar-refractivity contribution in [3.8, 4) is 11.4 Å². The highest BCUT2D eigenvalue weighted by Crippen LogP contribution is 2.19. The van der Waals surface area contributed by atoms with E-state index < -0.39 is 0 Å². The molecule has 0 fully saturated rings. The molecule has 0 aliphatic carbocycles. The third-order valence-corrected chi connectivity index (χ3v) is 2.22. The van der Waals surface area contributed by atoms with Crippen LogP contribution in [0.1, 0.15) is 18.4 Å². The Labute approximate surface area is 86.9 Å². The summed E-state index contributed by atoms with van der Waals surface area (Å²) in [6, 6.07) is 4.98. The average Bonchev–Trinajstić information content (AvgIpc) is 2.65. The van der Waals surface area contributed by atoms with E-state index in [1.807, 2.05) is 6.92 Å². The Bertz CT molecular complexity index is 479. The first kappa shape index (κ1) is 9.83.